The maximum absolute atomic E-state index is 11.3. The molecule has 0 heterocycles. The lowest BCUT2D eigenvalue weighted by atomic mass is 10.0. The molecule has 0 aromatic heterocycles. The van der Waals surface area contributed by atoms with Gasteiger partial charge in [0.2, 0.25) is 0 Å². The Morgan fingerprint density at radius 1 is 1.00 bits per heavy atom. The molecular formula is C14H20N2O9. The van der Waals surface area contributed by atoms with Gasteiger partial charge in [-0.15, -0.1) is 0 Å². The van der Waals surface area contributed by atoms with Crippen LogP contribution in [0.25, 0.3) is 0 Å². The van der Waals surface area contributed by atoms with Gasteiger partial charge >= 0.3 is 12.0 Å². The predicted molar refractivity (Wildman–Crippen MR) is 82.8 cm³/mol. The van der Waals surface area contributed by atoms with Crippen molar-refractivity contribution in [3.8, 4) is 0 Å². The van der Waals surface area contributed by atoms with E-state index in [0.29, 0.717) is 0 Å². The van der Waals surface area contributed by atoms with Crippen molar-refractivity contribution in [2.45, 2.75) is 12.0 Å². The highest BCUT2D eigenvalue weighted by Crippen LogP contribution is 2.28. The molecule has 0 bridgehead atoms. The Bertz CT molecular complexity index is 542. The summed E-state index contributed by atoms with van der Waals surface area (Å²) in [5.41, 5.74) is -3.30. The normalized spacial score (nSPS) is 14.6. The van der Waals surface area contributed by atoms with E-state index in [-0.39, 0.29) is 45.2 Å². The summed E-state index contributed by atoms with van der Waals surface area (Å²) in [5, 5.41) is 41.3. The van der Waals surface area contributed by atoms with E-state index in [4.69, 9.17) is 19.3 Å². The second-order valence-electron chi connectivity index (χ2n) is 4.81. The standard InChI is InChI=1S/C14H20N2O9/c17-6-7-23-8-9-24-10-11-25-13(15(19)20)14(18,16(21)22)12-4-2-1-3-5-12/h1-5,13,17-18H,6-11H2. The largest absolute Gasteiger partial charge is 0.442 e. The molecule has 1 rings (SSSR count). The van der Waals surface area contributed by atoms with E-state index in [0.717, 1.165) is 0 Å². The molecule has 11 heteroatoms. The molecule has 0 fully saturated rings. The van der Waals surface area contributed by atoms with E-state index in [1.807, 2.05) is 0 Å². The number of benzene rings is 1. The van der Waals surface area contributed by atoms with Gasteiger partial charge in [0.15, 0.2) is 0 Å². The van der Waals surface area contributed by atoms with Crippen molar-refractivity contribution >= 4 is 0 Å². The van der Waals surface area contributed by atoms with Crippen LogP contribution < -0.4 is 0 Å². The zero-order chi connectivity index (χ0) is 18.7. The molecule has 0 spiro atoms. The van der Waals surface area contributed by atoms with Gasteiger partial charge in [-0.2, -0.15) is 0 Å². The highest BCUT2D eigenvalue weighted by Gasteiger charge is 2.60. The maximum Gasteiger partial charge on any atom is 0.442 e. The number of aliphatic hydroxyl groups is 2. The van der Waals surface area contributed by atoms with Gasteiger partial charge < -0.3 is 24.4 Å². The fraction of sp³-hybridized carbons (Fsp3) is 0.571. The fourth-order valence-corrected chi connectivity index (χ4v) is 1.95. The van der Waals surface area contributed by atoms with Gasteiger partial charge in [-0.05, 0) is 12.1 Å². The first-order chi connectivity index (χ1) is 11.9. The minimum atomic E-state index is -3.03. The molecule has 140 valence electrons. The van der Waals surface area contributed by atoms with Gasteiger partial charge in [0.25, 0.3) is 0 Å². The Labute approximate surface area is 143 Å². The quantitative estimate of drug-likeness (QED) is 0.210. The predicted octanol–water partition coefficient (Wildman–Crippen LogP) is -0.247. The van der Waals surface area contributed by atoms with Gasteiger partial charge in [-0.3, -0.25) is 20.2 Å². The van der Waals surface area contributed by atoms with Crippen LogP contribution in [0.5, 0.6) is 0 Å². The average molecular weight is 360 g/mol. The lowest BCUT2D eigenvalue weighted by molar-refractivity contribution is -0.734. The summed E-state index contributed by atoms with van der Waals surface area (Å²) < 4.78 is 14.9. The summed E-state index contributed by atoms with van der Waals surface area (Å²) in [4.78, 5) is 20.3. The second kappa shape index (κ2) is 10.6. The first-order valence-corrected chi connectivity index (χ1v) is 7.38. The summed E-state index contributed by atoms with van der Waals surface area (Å²) in [6, 6.07) is 6.79. The minimum absolute atomic E-state index is 0.0879. The summed E-state index contributed by atoms with van der Waals surface area (Å²) in [6.07, 6.45) is -2.31. The van der Waals surface area contributed by atoms with Crippen LogP contribution in [0.4, 0.5) is 0 Å². The van der Waals surface area contributed by atoms with Crippen LogP contribution in [0.3, 0.4) is 0 Å². The van der Waals surface area contributed by atoms with E-state index in [1.165, 1.54) is 24.3 Å². The van der Waals surface area contributed by atoms with E-state index < -0.39 is 21.8 Å². The van der Waals surface area contributed by atoms with E-state index in [2.05, 4.69) is 0 Å². The first-order valence-electron chi connectivity index (χ1n) is 7.38. The van der Waals surface area contributed by atoms with Gasteiger partial charge in [0, 0.05) is 0 Å². The highest BCUT2D eigenvalue weighted by atomic mass is 16.7. The molecule has 0 aliphatic carbocycles. The molecular weight excluding hydrogens is 340 g/mol. The van der Waals surface area contributed by atoms with Crippen molar-refractivity contribution in [2.24, 2.45) is 0 Å². The molecule has 2 N–H and O–H groups in total. The van der Waals surface area contributed by atoms with Gasteiger partial charge in [-0.25, -0.2) is 0 Å². The molecule has 0 aliphatic rings. The number of ether oxygens (including phenoxy) is 3. The molecule has 2 unspecified atom stereocenters. The number of hydrogen-bond donors (Lipinski definition) is 2. The average Bonchev–Trinajstić information content (AvgIpc) is 2.60. The molecule has 0 aliphatic heterocycles. The van der Waals surface area contributed by atoms with Gasteiger partial charge in [0.1, 0.15) is 0 Å². The Balaban J connectivity index is 2.65. The molecule has 0 amide bonds. The van der Waals surface area contributed by atoms with Crippen LogP contribution in [0.1, 0.15) is 5.56 Å². The van der Waals surface area contributed by atoms with E-state index in [1.54, 1.807) is 6.07 Å². The van der Waals surface area contributed by atoms with Crippen molar-refractivity contribution < 1.29 is 34.3 Å². The molecule has 1 aromatic rings. The van der Waals surface area contributed by atoms with Crippen LogP contribution in [0.15, 0.2) is 30.3 Å². The topological polar surface area (TPSA) is 154 Å². The molecule has 11 nitrogen and oxygen atoms in total. The number of nitrogens with zero attached hydrogens (tertiary/aromatic N) is 2. The number of aliphatic hydroxyl groups excluding tert-OH is 1. The molecule has 25 heavy (non-hydrogen) atoms. The lowest BCUT2D eigenvalue weighted by Crippen LogP contribution is -2.52. The van der Waals surface area contributed by atoms with Crippen molar-refractivity contribution in [3.05, 3.63) is 56.1 Å². The van der Waals surface area contributed by atoms with Crippen LogP contribution >= 0.6 is 0 Å². The van der Waals surface area contributed by atoms with E-state index >= 15 is 0 Å². The molecule has 1 aromatic carbocycles. The minimum Gasteiger partial charge on any atom is -0.394 e. The SMILES string of the molecule is O=[N+]([O-])C(OCCOCCOCCO)C(O)(c1ccccc1)[N+](=O)[O-]. The first kappa shape index (κ1) is 20.9. The van der Waals surface area contributed by atoms with Crippen molar-refractivity contribution in [1.29, 1.82) is 0 Å². The number of hydrogen-bond acceptors (Lipinski definition) is 9. The Morgan fingerprint density at radius 3 is 2.08 bits per heavy atom. The van der Waals surface area contributed by atoms with Gasteiger partial charge in [0.05, 0.1) is 55.1 Å². The Hall–Kier alpha value is -2.18. The monoisotopic (exact) mass is 360 g/mol. The lowest BCUT2D eigenvalue weighted by Gasteiger charge is -2.22. The Kier molecular flexibility index (Phi) is 8.88. The summed E-state index contributed by atoms with van der Waals surface area (Å²) >= 11 is 0. The van der Waals surface area contributed by atoms with Gasteiger partial charge in [-0.1, -0.05) is 18.2 Å². The summed E-state index contributed by atoms with van der Waals surface area (Å²) in [6.45, 7) is -0.0143. The van der Waals surface area contributed by atoms with Crippen LogP contribution in [-0.2, 0) is 19.9 Å². The van der Waals surface area contributed by atoms with Crippen LogP contribution in [0, 0.1) is 20.2 Å². The molecule has 0 radical (unpaired) electrons. The third kappa shape index (κ3) is 5.99. The third-order valence-electron chi connectivity index (χ3n) is 3.12. The number of nitro groups is 2. The van der Waals surface area contributed by atoms with Crippen LogP contribution in [0.2, 0.25) is 0 Å². The maximum atomic E-state index is 11.3. The summed E-state index contributed by atoms with van der Waals surface area (Å²) in [5.74, 6) is 0. The fourth-order valence-electron chi connectivity index (χ4n) is 1.95. The second-order valence-corrected chi connectivity index (χ2v) is 4.81. The zero-order valence-corrected chi connectivity index (χ0v) is 13.4. The highest BCUT2D eigenvalue weighted by molar-refractivity contribution is 5.20. The smallest absolute Gasteiger partial charge is 0.394 e. The van der Waals surface area contributed by atoms with Crippen LogP contribution in [-0.4, -0.2) is 65.9 Å². The molecule has 0 saturated carbocycles. The molecule has 0 saturated heterocycles. The zero-order valence-electron chi connectivity index (χ0n) is 13.4. The van der Waals surface area contributed by atoms with Crippen molar-refractivity contribution in [3.63, 3.8) is 0 Å². The van der Waals surface area contributed by atoms with Crippen molar-refractivity contribution in [2.75, 3.05) is 39.6 Å². The Morgan fingerprint density at radius 2 is 1.56 bits per heavy atom. The molecule has 2 atom stereocenters. The van der Waals surface area contributed by atoms with Crippen molar-refractivity contribution in [1.82, 2.24) is 0 Å². The number of rotatable bonds is 13. The summed E-state index contributed by atoms with van der Waals surface area (Å²) in [7, 11) is 0. The third-order valence-corrected chi connectivity index (χ3v) is 3.12. The van der Waals surface area contributed by atoms with E-state index in [9.17, 15) is 25.3 Å².